The van der Waals surface area contributed by atoms with Crippen LogP contribution in [0.3, 0.4) is 0 Å². The summed E-state index contributed by atoms with van der Waals surface area (Å²) in [5, 5.41) is 11.8. The summed E-state index contributed by atoms with van der Waals surface area (Å²) in [7, 11) is 1.73. The first-order valence-corrected chi connectivity index (χ1v) is 15.8. The molecule has 0 N–H and O–H groups in total. The van der Waals surface area contributed by atoms with Gasteiger partial charge in [0.2, 0.25) is 5.91 Å². The number of alkyl halides is 3. The van der Waals surface area contributed by atoms with Crippen LogP contribution >= 0.6 is 0 Å². The molecule has 1 amide bonds. The van der Waals surface area contributed by atoms with Gasteiger partial charge < -0.3 is 24.2 Å². The summed E-state index contributed by atoms with van der Waals surface area (Å²) in [5.74, 6) is -1.75. The maximum atomic E-state index is 12.8. The fourth-order valence-electron chi connectivity index (χ4n) is 6.84. The SMILES string of the molecule is C=CC(=O)N1CCN(c2nc(OC[C@@H]3C[C@@H](OC(=O)C(F)(F)F)CN3C)nc3c2CCN(c2cccc4ccccc24)C3)CC1CC#N. The Kier molecular flexibility index (Phi) is 9.41. The summed E-state index contributed by atoms with van der Waals surface area (Å²) in [4.78, 5) is 41.4. The number of rotatable bonds is 8. The van der Waals surface area contributed by atoms with E-state index in [1.165, 1.54) is 6.08 Å². The quantitative estimate of drug-likeness (QED) is 0.260. The monoisotopic (exact) mass is 663 g/mol. The number of nitriles is 1. The minimum atomic E-state index is -5.06. The fraction of sp³-hybridized carbons (Fsp3) is 0.441. The van der Waals surface area contributed by atoms with E-state index in [1.807, 2.05) is 18.2 Å². The van der Waals surface area contributed by atoms with Gasteiger partial charge in [-0.1, -0.05) is 43.0 Å². The van der Waals surface area contributed by atoms with Crippen LogP contribution in [-0.4, -0.2) is 102 Å². The van der Waals surface area contributed by atoms with E-state index in [1.54, 1.807) is 16.8 Å². The number of carbonyl (C=O) groups excluding carboxylic acids is 2. The van der Waals surface area contributed by atoms with Gasteiger partial charge in [-0.15, -0.1) is 0 Å². The standard InChI is InChI=1S/C34H36F3N7O4/c1-3-30(45)44-16-15-43(18-23(44)11-13-38)31-27-12-14-42(29-10-6-8-22-7-4-5-9-26(22)29)20-28(27)39-33(40-31)47-21-24-17-25(19-41(24)2)48-32(46)34(35,36)37/h3-10,23-25H,1,11-12,14-21H2,2H3/t23?,24-,25+/m0/s1. The first kappa shape index (κ1) is 33.0. The number of amides is 1. The van der Waals surface area contributed by atoms with Gasteiger partial charge in [-0.2, -0.15) is 28.4 Å². The van der Waals surface area contributed by atoms with Gasteiger partial charge in [-0.05, 0) is 31.0 Å². The lowest BCUT2D eigenvalue weighted by atomic mass is 10.0. The average Bonchev–Trinajstić information content (AvgIpc) is 3.43. The molecule has 3 atom stereocenters. The van der Waals surface area contributed by atoms with Crippen molar-refractivity contribution in [2.45, 2.75) is 50.2 Å². The summed E-state index contributed by atoms with van der Waals surface area (Å²) in [6.07, 6.45) is -3.75. The first-order valence-electron chi connectivity index (χ1n) is 15.8. The molecule has 4 heterocycles. The Morgan fingerprint density at radius 3 is 2.62 bits per heavy atom. The number of fused-ring (bicyclic) bond motifs is 2. The van der Waals surface area contributed by atoms with Crippen molar-refractivity contribution in [3.63, 3.8) is 0 Å². The zero-order valence-corrected chi connectivity index (χ0v) is 26.5. The highest BCUT2D eigenvalue weighted by molar-refractivity contribution is 5.94. The lowest BCUT2D eigenvalue weighted by Crippen LogP contribution is -2.55. The Hall–Kier alpha value is -4.90. The third-order valence-electron chi connectivity index (χ3n) is 9.26. The maximum absolute atomic E-state index is 12.8. The van der Waals surface area contributed by atoms with Crippen LogP contribution in [0.1, 0.15) is 24.1 Å². The van der Waals surface area contributed by atoms with Gasteiger partial charge in [0.15, 0.2) is 0 Å². The molecule has 0 radical (unpaired) electrons. The highest BCUT2D eigenvalue weighted by Gasteiger charge is 2.44. The van der Waals surface area contributed by atoms with Gasteiger partial charge in [0, 0.05) is 61.8 Å². The molecule has 2 saturated heterocycles. The number of esters is 1. The summed E-state index contributed by atoms with van der Waals surface area (Å²) in [5.41, 5.74) is 2.83. The topological polar surface area (TPSA) is 115 Å². The van der Waals surface area contributed by atoms with Crippen LogP contribution in [0, 0.1) is 11.3 Å². The predicted molar refractivity (Wildman–Crippen MR) is 171 cm³/mol. The number of carbonyl (C=O) groups is 2. The second-order valence-corrected chi connectivity index (χ2v) is 12.3. The number of benzene rings is 2. The van der Waals surface area contributed by atoms with Crippen LogP contribution in [-0.2, 0) is 27.3 Å². The molecule has 3 aliphatic heterocycles. The summed E-state index contributed by atoms with van der Waals surface area (Å²) in [6, 6.07) is 16.0. The van der Waals surface area contributed by atoms with E-state index in [0.717, 1.165) is 34.3 Å². The van der Waals surface area contributed by atoms with Crippen molar-refractivity contribution < 1.29 is 32.2 Å². The van der Waals surface area contributed by atoms with Crippen molar-refractivity contribution in [2.75, 3.05) is 56.2 Å². The minimum absolute atomic E-state index is 0.0699. The van der Waals surface area contributed by atoms with Gasteiger partial charge in [0.1, 0.15) is 18.5 Å². The number of piperazine rings is 1. The third-order valence-corrected chi connectivity index (χ3v) is 9.26. The van der Waals surface area contributed by atoms with Gasteiger partial charge >= 0.3 is 18.2 Å². The normalized spacial score (nSPS) is 21.5. The predicted octanol–water partition coefficient (Wildman–Crippen LogP) is 3.87. The van der Waals surface area contributed by atoms with E-state index >= 15 is 0 Å². The van der Waals surface area contributed by atoms with E-state index < -0.39 is 18.2 Å². The summed E-state index contributed by atoms with van der Waals surface area (Å²) >= 11 is 0. The molecular weight excluding hydrogens is 627 g/mol. The molecule has 0 spiro atoms. The lowest BCUT2D eigenvalue weighted by molar-refractivity contribution is -0.204. The Morgan fingerprint density at radius 2 is 1.85 bits per heavy atom. The van der Waals surface area contributed by atoms with Crippen molar-refractivity contribution in [2.24, 2.45) is 0 Å². The molecule has 2 aromatic carbocycles. The number of halogens is 3. The number of anilines is 2. The van der Waals surface area contributed by atoms with Crippen molar-refractivity contribution in [1.82, 2.24) is 19.8 Å². The second kappa shape index (κ2) is 13.7. The van der Waals surface area contributed by atoms with Gasteiger partial charge in [-0.25, -0.2) is 4.79 Å². The molecule has 0 saturated carbocycles. The molecular formula is C34H36F3N7O4. The van der Waals surface area contributed by atoms with Crippen molar-refractivity contribution in [3.8, 4) is 12.1 Å². The van der Waals surface area contributed by atoms with E-state index in [-0.39, 0.29) is 50.0 Å². The smallest absolute Gasteiger partial charge is 0.462 e. The Balaban J connectivity index is 1.27. The molecule has 0 aliphatic carbocycles. The summed E-state index contributed by atoms with van der Waals surface area (Å²) < 4.78 is 49.2. The molecule has 1 unspecified atom stereocenters. The van der Waals surface area contributed by atoms with Crippen LogP contribution < -0.4 is 14.5 Å². The van der Waals surface area contributed by atoms with Crippen molar-refractivity contribution >= 4 is 34.2 Å². The number of likely N-dealkylation sites (tertiary alicyclic amines) is 1. The van der Waals surface area contributed by atoms with E-state index in [0.29, 0.717) is 38.4 Å². The minimum Gasteiger partial charge on any atom is -0.462 e. The van der Waals surface area contributed by atoms with Crippen molar-refractivity contribution in [3.05, 3.63) is 66.4 Å². The third kappa shape index (κ3) is 6.87. The number of hydrogen-bond acceptors (Lipinski definition) is 10. The van der Waals surface area contributed by atoms with E-state index in [9.17, 15) is 28.0 Å². The average molecular weight is 664 g/mol. The zero-order chi connectivity index (χ0) is 34.0. The fourth-order valence-corrected chi connectivity index (χ4v) is 6.84. The van der Waals surface area contributed by atoms with Gasteiger partial charge in [-0.3, -0.25) is 9.69 Å². The number of nitrogens with zero attached hydrogens (tertiary/aromatic N) is 7. The zero-order valence-electron chi connectivity index (χ0n) is 26.5. The molecule has 2 fully saturated rings. The van der Waals surface area contributed by atoms with Crippen LogP contribution in [0.2, 0.25) is 0 Å². The molecule has 48 heavy (non-hydrogen) atoms. The lowest BCUT2D eigenvalue weighted by Gasteiger charge is -2.42. The molecule has 252 valence electrons. The van der Waals surface area contributed by atoms with Crippen LogP contribution in [0.25, 0.3) is 10.8 Å². The number of aromatic nitrogens is 2. The van der Waals surface area contributed by atoms with Crippen molar-refractivity contribution in [1.29, 1.82) is 5.26 Å². The summed E-state index contributed by atoms with van der Waals surface area (Å²) in [6.45, 7) is 6.29. The molecule has 11 nitrogen and oxygen atoms in total. The van der Waals surface area contributed by atoms with Crippen LogP contribution in [0.5, 0.6) is 6.01 Å². The Morgan fingerprint density at radius 1 is 1.06 bits per heavy atom. The van der Waals surface area contributed by atoms with Gasteiger partial charge in [0.25, 0.3) is 0 Å². The molecule has 0 bridgehead atoms. The second-order valence-electron chi connectivity index (χ2n) is 12.3. The molecule has 6 rings (SSSR count). The molecule has 1 aromatic heterocycles. The van der Waals surface area contributed by atoms with E-state index in [4.69, 9.17) is 14.7 Å². The number of hydrogen-bond donors (Lipinski definition) is 0. The molecule has 3 aromatic rings. The molecule has 14 heteroatoms. The highest BCUT2D eigenvalue weighted by atomic mass is 19.4. The maximum Gasteiger partial charge on any atom is 0.490 e. The van der Waals surface area contributed by atoms with Crippen LogP contribution in [0.4, 0.5) is 24.7 Å². The number of likely N-dealkylation sites (N-methyl/N-ethyl adjacent to an activating group) is 1. The first-order chi connectivity index (χ1) is 23.0. The molecule has 3 aliphatic rings. The Bertz CT molecular complexity index is 1740. The Labute approximate surface area is 276 Å². The van der Waals surface area contributed by atoms with Crippen LogP contribution in [0.15, 0.2) is 55.1 Å². The van der Waals surface area contributed by atoms with E-state index in [2.05, 4.69) is 51.5 Å². The highest BCUT2D eigenvalue weighted by Crippen LogP contribution is 2.35. The largest absolute Gasteiger partial charge is 0.490 e. The number of ether oxygens (including phenoxy) is 2. The van der Waals surface area contributed by atoms with Gasteiger partial charge in [0.05, 0.1) is 30.8 Å².